The van der Waals surface area contributed by atoms with Crippen LogP contribution in [0, 0.1) is 6.92 Å². The van der Waals surface area contributed by atoms with Crippen LogP contribution in [0.4, 0.5) is 0 Å². The lowest BCUT2D eigenvalue weighted by atomic mass is 10.2. The molecule has 1 N–H and O–H groups in total. The van der Waals surface area contributed by atoms with Gasteiger partial charge in [0.15, 0.2) is 0 Å². The van der Waals surface area contributed by atoms with E-state index in [1.54, 1.807) is 24.5 Å². The van der Waals surface area contributed by atoms with Gasteiger partial charge in [0.1, 0.15) is 17.8 Å². The Balaban J connectivity index is 2.04. The Kier molecular flexibility index (Phi) is 2.98. The van der Waals surface area contributed by atoms with Crippen molar-refractivity contribution in [3.8, 4) is 23.0 Å². The Labute approximate surface area is 115 Å². The molecule has 20 heavy (non-hydrogen) atoms. The van der Waals surface area contributed by atoms with Crippen molar-refractivity contribution in [2.45, 2.75) is 20.3 Å². The highest BCUT2D eigenvalue weighted by Crippen LogP contribution is 2.23. The standard InChI is InChI=1S/C14H14N4O2/c1-3-12-16-14(17-20-12)13-9(2)18(8-15-13)10-5-4-6-11(19)7-10/h4-8,19H,3H2,1-2H3. The first-order chi connectivity index (χ1) is 9.69. The van der Waals surface area contributed by atoms with Crippen molar-refractivity contribution in [2.24, 2.45) is 0 Å². The number of benzene rings is 1. The van der Waals surface area contributed by atoms with Gasteiger partial charge < -0.3 is 14.2 Å². The second-order valence-corrected chi connectivity index (χ2v) is 4.43. The number of phenolic OH excluding ortho intramolecular Hbond substituents is 1. The summed E-state index contributed by atoms with van der Waals surface area (Å²) in [5.74, 6) is 1.29. The number of hydrogen-bond donors (Lipinski definition) is 1. The van der Waals surface area contributed by atoms with Gasteiger partial charge >= 0.3 is 0 Å². The summed E-state index contributed by atoms with van der Waals surface area (Å²) in [5.41, 5.74) is 2.40. The quantitative estimate of drug-likeness (QED) is 0.791. The Morgan fingerprint density at radius 2 is 2.20 bits per heavy atom. The fourth-order valence-corrected chi connectivity index (χ4v) is 2.03. The van der Waals surface area contributed by atoms with Gasteiger partial charge in [-0.2, -0.15) is 4.98 Å². The molecule has 0 bridgehead atoms. The Morgan fingerprint density at radius 1 is 1.35 bits per heavy atom. The predicted octanol–water partition coefficient (Wildman–Crippen LogP) is 2.50. The monoisotopic (exact) mass is 270 g/mol. The zero-order chi connectivity index (χ0) is 14.1. The average Bonchev–Trinajstić information content (AvgIpc) is 3.04. The van der Waals surface area contributed by atoms with Gasteiger partial charge in [0, 0.05) is 12.5 Å². The molecular weight excluding hydrogens is 256 g/mol. The number of aromatic nitrogens is 4. The molecule has 0 aliphatic rings. The van der Waals surface area contributed by atoms with E-state index >= 15 is 0 Å². The maximum absolute atomic E-state index is 9.55. The van der Waals surface area contributed by atoms with E-state index < -0.39 is 0 Å². The number of nitrogens with zero attached hydrogens (tertiary/aromatic N) is 4. The van der Waals surface area contributed by atoms with Crippen LogP contribution in [-0.4, -0.2) is 24.8 Å². The van der Waals surface area contributed by atoms with Crippen molar-refractivity contribution in [1.82, 2.24) is 19.7 Å². The van der Waals surface area contributed by atoms with E-state index in [4.69, 9.17) is 4.52 Å². The summed E-state index contributed by atoms with van der Waals surface area (Å²) in [4.78, 5) is 8.62. The third-order valence-electron chi connectivity index (χ3n) is 3.10. The van der Waals surface area contributed by atoms with E-state index in [1.807, 2.05) is 24.5 Å². The number of aryl methyl sites for hydroxylation is 1. The van der Waals surface area contributed by atoms with Gasteiger partial charge in [0.25, 0.3) is 0 Å². The van der Waals surface area contributed by atoms with Crippen LogP contribution in [0.5, 0.6) is 5.75 Å². The van der Waals surface area contributed by atoms with E-state index in [0.717, 1.165) is 11.4 Å². The van der Waals surface area contributed by atoms with Crippen molar-refractivity contribution in [3.05, 3.63) is 42.2 Å². The topological polar surface area (TPSA) is 77.0 Å². The molecule has 2 heterocycles. The van der Waals surface area contributed by atoms with Crippen molar-refractivity contribution < 1.29 is 9.63 Å². The molecule has 0 radical (unpaired) electrons. The van der Waals surface area contributed by atoms with Gasteiger partial charge in [-0.1, -0.05) is 18.1 Å². The molecule has 0 aliphatic carbocycles. The van der Waals surface area contributed by atoms with E-state index in [1.165, 1.54) is 0 Å². The highest BCUT2D eigenvalue weighted by atomic mass is 16.5. The molecule has 0 atom stereocenters. The van der Waals surface area contributed by atoms with Crippen LogP contribution in [0.25, 0.3) is 17.2 Å². The third-order valence-corrected chi connectivity index (χ3v) is 3.10. The molecule has 1 aromatic carbocycles. The summed E-state index contributed by atoms with van der Waals surface area (Å²) in [7, 11) is 0. The van der Waals surface area contributed by atoms with Crippen molar-refractivity contribution >= 4 is 0 Å². The Morgan fingerprint density at radius 3 is 2.90 bits per heavy atom. The number of rotatable bonds is 3. The largest absolute Gasteiger partial charge is 0.508 e. The van der Waals surface area contributed by atoms with Crippen LogP contribution in [0.15, 0.2) is 35.1 Å². The third kappa shape index (κ3) is 2.05. The van der Waals surface area contributed by atoms with Crippen LogP contribution < -0.4 is 0 Å². The zero-order valence-corrected chi connectivity index (χ0v) is 11.2. The van der Waals surface area contributed by atoms with Gasteiger partial charge in [-0.25, -0.2) is 4.98 Å². The first kappa shape index (κ1) is 12.4. The molecular formula is C14H14N4O2. The number of imidazole rings is 1. The summed E-state index contributed by atoms with van der Waals surface area (Å²) in [5, 5.41) is 13.5. The minimum Gasteiger partial charge on any atom is -0.508 e. The minimum absolute atomic E-state index is 0.213. The molecule has 3 rings (SSSR count). The van der Waals surface area contributed by atoms with Crippen LogP contribution >= 0.6 is 0 Å². The van der Waals surface area contributed by atoms with Crippen molar-refractivity contribution in [1.29, 1.82) is 0 Å². The van der Waals surface area contributed by atoms with Gasteiger partial charge in [-0.15, -0.1) is 0 Å². The molecule has 0 saturated carbocycles. The van der Waals surface area contributed by atoms with Crippen LogP contribution in [0.1, 0.15) is 18.5 Å². The first-order valence-electron chi connectivity index (χ1n) is 6.35. The number of phenols is 1. The maximum atomic E-state index is 9.55. The molecule has 3 aromatic rings. The molecule has 0 aliphatic heterocycles. The fourth-order valence-electron chi connectivity index (χ4n) is 2.03. The molecule has 0 saturated heterocycles. The predicted molar refractivity (Wildman–Crippen MR) is 72.6 cm³/mol. The maximum Gasteiger partial charge on any atom is 0.226 e. The smallest absolute Gasteiger partial charge is 0.226 e. The van der Waals surface area contributed by atoms with E-state index in [-0.39, 0.29) is 5.75 Å². The molecule has 102 valence electrons. The molecule has 2 aromatic heterocycles. The normalized spacial score (nSPS) is 10.9. The highest BCUT2D eigenvalue weighted by Gasteiger charge is 2.15. The lowest BCUT2D eigenvalue weighted by molar-refractivity contribution is 0.382. The molecule has 0 fully saturated rings. The molecule has 0 unspecified atom stereocenters. The number of aromatic hydroxyl groups is 1. The van der Waals surface area contributed by atoms with E-state index in [2.05, 4.69) is 15.1 Å². The summed E-state index contributed by atoms with van der Waals surface area (Å²) < 4.78 is 6.98. The summed E-state index contributed by atoms with van der Waals surface area (Å²) in [6.45, 7) is 3.88. The number of hydrogen-bond acceptors (Lipinski definition) is 5. The Bertz CT molecular complexity index is 745. The summed E-state index contributed by atoms with van der Waals surface area (Å²) in [6, 6.07) is 6.98. The van der Waals surface area contributed by atoms with Gasteiger partial charge in [-0.05, 0) is 19.1 Å². The molecule has 0 amide bonds. The van der Waals surface area contributed by atoms with Crippen LogP contribution in [-0.2, 0) is 6.42 Å². The zero-order valence-electron chi connectivity index (χ0n) is 11.2. The van der Waals surface area contributed by atoms with Crippen LogP contribution in [0.2, 0.25) is 0 Å². The first-order valence-corrected chi connectivity index (χ1v) is 6.35. The second kappa shape index (κ2) is 4.80. The Hall–Kier alpha value is -2.63. The fraction of sp³-hybridized carbons (Fsp3) is 0.214. The van der Waals surface area contributed by atoms with Gasteiger partial charge in [-0.3, -0.25) is 0 Å². The lowest BCUT2D eigenvalue weighted by Gasteiger charge is -2.05. The second-order valence-electron chi connectivity index (χ2n) is 4.43. The summed E-state index contributed by atoms with van der Waals surface area (Å²) >= 11 is 0. The highest BCUT2D eigenvalue weighted by molar-refractivity contribution is 5.54. The minimum atomic E-state index is 0.213. The van der Waals surface area contributed by atoms with Crippen molar-refractivity contribution in [2.75, 3.05) is 0 Å². The van der Waals surface area contributed by atoms with Crippen LogP contribution in [0.3, 0.4) is 0 Å². The molecule has 6 heteroatoms. The lowest BCUT2D eigenvalue weighted by Crippen LogP contribution is -1.95. The SMILES string of the molecule is CCc1nc(-c2ncn(-c3cccc(O)c3)c2C)no1. The molecule has 6 nitrogen and oxygen atoms in total. The molecule has 0 spiro atoms. The van der Waals surface area contributed by atoms with Gasteiger partial charge in [0.2, 0.25) is 11.7 Å². The van der Waals surface area contributed by atoms with Gasteiger partial charge in [0.05, 0.1) is 11.4 Å². The van der Waals surface area contributed by atoms with Crippen molar-refractivity contribution in [3.63, 3.8) is 0 Å². The average molecular weight is 270 g/mol. The van der Waals surface area contributed by atoms with E-state index in [0.29, 0.717) is 23.8 Å². The summed E-state index contributed by atoms with van der Waals surface area (Å²) in [6.07, 6.45) is 2.38. The van der Waals surface area contributed by atoms with E-state index in [9.17, 15) is 5.11 Å².